The molecule has 1 saturated heterocycles. The molecule has 2 amide bonds. The number of amides is 2. The summed E-state index contributed by atoms with van der Waals surface area (Å²) in [6, 6.07) is -0.126. The van der Waals surface area contributed by atoms with Crippen molar-refractivity contribution in [3.63, 3.8) is 0 Å². The highest BCUT2D eigenvalue weighted by atomic mass is 16.2. The molecule has 0 aromatic heterocycles. The van der Waals surface area contributed by atoms with Crippen LogP contribution in [0.15, 0.2) is 6.08 Å². The van der Waals surface area contributed by atoms with Gasteiger partial charge in [-0.25, -0.2) is 4.79 Å². The summed E-state index contributed by atoms with van der Waals surface area (Å²) in [5.74, 6) is 0. The van der Waals surface area contributed by atoms with E-state index in [1.165, 1.54) is 6.08 Å². The maximum Gasteiger partial charge on any atom is 0.315 e. The largest absolute Gasteiger partial charge is 0.336 e. The van der Waals surface area contributed by atoms with E-state index in [0.717, 1.165) is 0 Å². The van der Waals surface area contributed by atoms with Gasteiger partial charge in [-0.1, -0.05) is 12.7 Å². The van der Waals surface area contributed by atoms with Crippen molar-refractivity contribution in [3.05, 3.63) is 12.7 Å². The summed E-state index contributed by atoms with van der Waals surface area (Å²) >= 11 is 0. The summed E-state index contributed by atoms with van der Waals surface area (Å²) in [4.78, 5) is 10.3. The van der Waals surface area contributed by atoms with Crippen LogP contribution in [0.25, 0.3) is 0 Å². The Labute approximate surface area is 47.8 Å². The van der Waals surface area contributed by atoms with Gasteiger partial charge < -0.3 is 10.6 Å². The highest BCUT2D eigenvalue weighted by Crippen LogP contribution is 1.88. The molecule has 8 heavy (non-hydrogen) atoms. The van der Waals surface area contributed by atoms with Crippen molar-refractivity contribution >= 4 is 6.03 Å². The Hall–Kier alpha value is -0.990. The molecule has 0 aromatic carbocycles. The number of carbonyl (C=O) groups excluding carboxylic acids is 1. The predicted octanol–water partition coefficient (Wildman–Crippen LogP) is -0.343. The fourth-order valence-corrected chi connectivity index (χ4v) is 0.589. The Bertz CT molecular complexity index is 122. The van der Waals surface area contributed by atoms with Crippen LogP contribution in [0.2, 0.25) is 0 Å². The van der Waals surface area contributed by atoms with Crippen molar-refractivity contribution in [2.75, 3.05) is 6.54 Å². The van der Waals surface area contributed by atoms with Gasteiger partial charge in [0.1, 0.15) is 0 Å². The molecule has 1 unspecified atom stereocenters. The van der Waals surface area contributed by atoms with E-state index in [4.69, 9.17) is 6.58 Å². The SMILES string of the molecule is [CH]=CC1CNC(=O)N1. The fourth-order valence-electron chi connectivity index (χ4n) is 0.589. The highest BCUT2D eigenvalue weighted by Gasteiger charge is 2.15. The number of hydrogen-bond acceptors (Lipinski definition) is 1. The van der Waals surface area contributed by atoms with Gasteiger partial charge in [-0.15, -0.1) is 0 Å². The third kappa shape index (κ3) is 0.804. The molecule has 1 aliphatic rings. The molecule has 1 aliphatic heterocycles. The average molecular weight is 111 g/mol. The van der Waals surface area contributed by atoms with Gasteiger partial charge in [0.05, 0.1) is 6.04 Å². The predicted molar refractivity (Wildman–Crippen MR) is 29.2 cm³/mol. The zero-order chi connectivity index (χ0) is 5.98. The van der Waals surface area contributed by atoms with E-state index in [-0.39, 0.29) is 12.1 Å². The minimum Gasteiger partial charge on any atom is -0.336 e. The van der Waals surface area contributed by atoms with Crippen molar-refractivity contribution in [1.82, 2.24) is 10.6 Å². The first-order valence-corrected chi connectivity index (χ1v) is 2.42. The Balaban J connectivity index is 2.43. The third-order valence-electron chi connectivity index (χ3n) is 1.03. The minimum absolute atomic E-state index is 0.0162. The molecule has 0 bridgehead atoms. The summed E-state index contributed by atoms with van der Waals surface area (Å²) < 4.78 is 0. The quantitative estimate of drug-likeness (QED) is 0.477. The lowest BCUT2D eigenvalue weighted by molar-refractivity contribution is 0.248. The Morgan fingerprint density at radius 1 is 1.88 bits per heavy atom. The van der Waals surface area contributed by atoms with E-state index in [2.05, 4.69) is 10.6 Å². The van der Waals surface area contributed by atoms with Crippen molar-refractivity contribution in [2.24, 2.45) is 0 Å². The van der Waals surface area contributed by atoms with Crippen LogP contribution in [-0.2, 0) is 0 Å². The van der Waals surface area contributed by atoms with Gasteiger partial charge in [-0.3, -0.25) is 0 Å². The zero-order valence-corrected chi connectivity index (χ0v) is 4.35. The van der Waals surface area contributed by atoms with E-state index in [1.807, 2.05) is 0 Å². The molecular formula is C5H7N2O. The van der Waals surface area contributed by atoms with E-state index in [9.17, 15) is 4.79 Å². The summed E-state index contributed by atoms with van der Waals surface area (Å²) in [5.41, 5.74) is 0. The molecule has 0 spiro atoms. The summed E-state index contributed by atoms with van der Waals surface area (Å²) in [5, 5.41) is 5.13. The summed E-state index contributed by atoms with van der Waals surface area (Å²) in [6.45, 7) is 5.72. The molecule has 0 saturated carbocycles. The third-order valence-corrected chi connectivity index (χ3v) is 1.03. The van der Waals surface area contributed by atoms with Crippen LogP contribution in [0.5, 0.6) is 0 Å². The van der Waals surface area contributed by atoms with Crippen LogP contribution in [-0.4, -0.2) is 18.6 Å². The second kappa shape index (κ2) is 1.86. The monoisotopic (exact) mass is 111 g/mol. The first-order valence-electron chi connectivity index (χ1n) is 2.42. The van der Waals surface area contributed by atoms with Crippen LogP contribution in [0.4, 0.5) is 4.79 Å². The van der Waals surface area contributed by atoms with E-state index >= 15 is 0 Å². The number of urea groups is 1. The maximum atomic E-state index is 10.3. The maximum absolute atomic E-state index is 10.3. The molecular weight excluding hydrogens is 104 g/mol. The number of hydrogen-bond donors (Lipinski definition) is 2. The average Bonchev–Trinajstić information content (AvgIpc) is 2.14. The van der Waals surface area contributed by atoms with Crippen molar-refractivity contribution in [2.45, 2.75) is 6.04 Å². The van der Waals surface area contributed by atoms with Crippen LogP contribution < -0.4 is 10.6 Å². The van der Waals surface area contributed by atoms with Gasteiger partial charge >= 0.3 is 6.03 Å². The number of rotatable bonds is 1. The van der Waals surface area contributed by atoms with E-state index in [0.29, 0.717) is 6.54 Å². The first-order chi connectivity index (χ1) is 3.83. The van der Waals surface area contributed by atoms with Crippen molar-refractivity contribution in [1.29, 1.82) is 0 Å². The molecule has 1 atom stereocenters. The molecule has 1 heterocycles. The second-order valence-corrected chi connectivity index (χ2v) is 1.65. The first kappa shape index (κ1) is 5.15. The number of nitrogens with one attached hydrogen (secondary N) is 2. The Morgan fingerprint density at radius 3 is 2.88 bits per heavy atom. The van der Waals surface area contributed by atoms with Gasteiger partial charge in [-0.05, 0) is 0 Å². The Morgan fingerprint density at radius 2 is 2.62 bits per heavy atom. The van der Waals surface area contributed by atoms with Crippen LogP contribution in [0, 0.1) is 6.58 Å². The smallest absolute Gasteiger partial charge is 0.315 e. The minimum atomic E-state index is -0.142. The lowest BCUT2D eigenvalue weighted by Gasteiger charge is -1.95. The van der Waals surface area contributed by atoms with Crippen LogP contribution >= 0.6 is 0 Å². The topological polar surface area (TPSA) is 41.1 Å². The van der Waals surface area contributed by atoms with Gasteiger partial charge in [0.2, 0.25) is 0 Å². The molecule has 1 rings (SSSR count). The van der Waals surface area contributed by atoms with E-state index in [1.54, 1.807) is 0 Å². The normalized spacial score (nSPS) is 26.5. The molecule has 3 heteroatoms. The van der Waals surface area contributed by atoms with Crippen molar-refractivity contribution < 1.29 is 4.79 Å². The molecule has 43 valence electrons. The van der Waals surface area contributed by atoms with Gasteiger partial charge in [0, 0.05) is 6.54 Å². The fraction of sp³-hybridized carbons (Fsp3) is 0.400. The van der Waals surface area contributed by atoms with Gasteiger partial charge in [0.25, 0.3) is 0 Å². The van der Waals surface area contributed by atoms with Gasteiger partial charge in [-0.2, -0.15) is 0 Å². The van der Waals surface area contributed by atoms with Crippen LogP contribution in [0.3, 0.4) is 0 Å². The Kier molecular flexibility index (Phi) is 1.20. The number of carbonyl (C=O) groups is 1. The standard InChI is InChI=1S/C5H7N2O/c1-2-4-3-6-5(8)7-4/h1-2,4H,3H2,(H2,6,7,8). The summed E-state index contributed by atoms with van der Waals surface area (Å²) in [7, 11) is 0. The molecule has 3 nitrogen and oxygen atoms in total. The van der Waals surface area contributed by atoms with E-state index < -0.39 is 0 Å². The molecule has 0 aliphatic carbocycles. The molecule has 1 fully saturated rings. The summed E-state index contributed by atoms with van der Waals surface area (Å²) in [6.07, 6.45) is 1.46. The van der Waals surface area contributed by atoms with Crippen molar-refractivity contribution in [3.8, 4) is 0 Å². The highest BCUT2D eigenvalue weighted by molar-refractivity contribution is 5.76. The molecule has 2 N–H and O–H groups in total. The second-order valence-electron chi connectivity index (χ2n) is 1.65. The zero-order valence-electron chi connectivity index (χ0n) is 4.35. The van der Waals surface area contributed by atoms with Gasteiger partial charge in [0.15, 0.2) is 0 Å². The molecule has 1 radical (unpaired) electrons. The lowest BCUT2D eigenvalue weighted by Crippen LogP contribution is -2.24. The lowest BCUT2D eigenvalue weighted by atomic mass is 10.3. The van der Waals surface area contributed by atoms with Crippen LogP contribution in [0.1, 0.15) is 0 Å². The molecule has 0 aromatic rings.